The lowest BCUT2D eigenvalue weighted by Crippen LogP contribution is -2.46. The van der Waals surface area contributed by atoms with Crippen LogP contribution in [-0.2, 0) is 4.79 Å². The molecule has 0 aliphatic heterocycles. The Morgan fingerprint density at radius 2 is 1.83 bits per heavy atom. The first-order valence-corrected chi connectivity index (χ1v) is 9.21. The van der Waals surface area contributed by atoms with E-state index >= 15 is 0 Å². The van der Waals surface area contributed by atoms with Crippen LogP contribution in [0.25, 0.3) is 0 Å². The topological polar surface area (TPSA) is 41.1 Å². The predicted molar refractivity (Wildman–Crippen MR) is 96.1 cm³/mol. The third-order valence-corrected chi connectivity index (χ3v) is 5.91. The fourth-order valence-corrected chi connectivity index (χ4v) is 4.90. The van der Waals surface area contributed by atoms with Gasteiger partial charge in [-0.2, -0.15) is 0 Å². The summed E-state index contributed by atoms with van der Waals surface area (Å²) < 4.78 is 0. The summed E-state index contributed by atoms with van der Waals surface area (Å²) in [6.07, 6.45) is 5.47. The molecule has 0 aromatic heterocycles. The van der Waals surface area contributed by atoms with Crippen molar-refractivity contribution in [3.05, 3.63) is 28.2 Å². The average Bonchev–Trinajstić information content (AvgIpc) is 3.08. The second-order valence-electron chi connectivity index (χ2n) is 7.16. The molecule has 2 aliphatic rings. The summed E-state index contributed by atoms with van der Waals surface area (Å²) in [7, 11) is 0. The van der Waals surface area contributed by atoms with Crippen molar-refractivity contribution in [2.24, 2.45) is 17.8 Å². The Morgan fingerprint density at radius 3 is 2.39 bits per heavy atom. The lowest BCUT2D eigenvalue weighted by Gasteiger charge is -2.30. The Bertz CT molecular complexity index is 572. The fraction of sp³-hybridized carbons (Fsp3) is 0.611. The number of anilines is 1. The summed E-state index contributed by atoms with van der Waals surface area (Å²) >= 11 is 11.9. The molecule has 2 fully saturated rings. The van der Waals surface area contributed by atoms with Gasteiger partial charge in [0, 0.05) is 21.8 Å². The molecule has 0 saturated heterocycles. The quantitative estimate of drug-likeness (QED) is 0.801. The van der Waals surface area contributed by atoms with E-state index in [1.165, 1.54) is 25.7 Å². The number of fused-ring (bicyclic) bond motifs is 2. The van der Waals surface area contributed by atoms with Crippen molar-refractivity contribution in [2.45, 2.75) is 51.6 Å². The number of nitrogens with one attached hydrogen (secondary N) is 2. The Hall–Kier alpha value is -0.770. The van der Waals surface area contributed by atoms with Gasteiger partial charge in [-0.15, -0.1) is 0 Å². The minimum Gasteiger partial charge on any atom is -0.325 e. The highest BCUT2D eigenvalue weighted by Gasteiger charge is 2.42. The molecule has 1 aromatic carbocycles. The molecule has 0 unspecified atom stereocenters. The lowest BCUT2D eigenvalue weighted by molar-refractivity contribution is -0.118. The first-order chi connectivity index (χ1) is 10.9. The maximum absolute atomic E-state index is 12.4. The van der Waals surface area contributed by atoms with Gasteiger partial charge in [0.1, 0.15) is 0 Å². The zero-order valence-electron chi connectivity index (χ0n) is 13.6. The van der Waals surface area contributed by atoms with Gasteiger partial charge in [0.2, 0.25) is 5.91 Å². The Balaban J connectivity index is 1.55. The summed E-state index contributed by atoms with van der Waals surface area (Å²) in [5.41, 5.74) is 0.633. The van der Waals surface area contributed by atoms with E-state index in [-0.39, 0.29) is 11.9 Å². The van der Waals surface area contributed by atoms with E-state index in [4.69, 9.17) is 23.2 Å². The third-order valence-electron chi connectivity index (χ3n) is 5.47. The molecule has 3 nitrogen and oxygen atoms in total. The molecule has 126 valence electrons. The highest BCUT2D eigenvalue weighted by molar-refractivity contribution is 6.35. The van der Waals surface area contributed by atoms with Crippen LogP contribution < -0.4 is 10.6 Å². The Kier molecular flexibility index (Phi) is 5.19. The van der Waals surface area contributed by atoms with Crippen molar-refractivity contribution >= 4 is 34.8 Å². The van der Waals surface area contributed by atoms with Crippen molar-refractivity contribution in [1.82, 2.24) is 5.32 Å². The Morgan fingerprint density at radius 1 is 1.13 bits per heavy atom. The van der Waals surface area contributed by atoms with Gasteiger partial charge < -0.3 is 10.6 Å². The number of benzene rings is 1. The van der Waals surface area contributed by atoms with Gasteiger partial charge in [-0.3, -0.25) is 4.79 Å². The van der Waals surface area contributed by atoms with E-state index in [0.29, 0.717) is 27.7 Å². The van der Waals surface area contributed by atoms with Crippen LogP contribution in [0.5, 0.6) is 0 Å². The maximum atomic E-state index is 12.4. The van der Waals surface area contributed by atoms with Crippen LogP contribution in [0.2, 0.25) is 10.0 Å². The van der Waals surface area contributed by atoms with Gasteiger partial charge >= 0.3 is 0 Å². The van der Waals surface area contributed by atoms with Crippen LogP contribution in [0.1, 0.15) is 39.5 Å². The molecule has 5 atom stereocenters. The highest BCUT2D eigenvalue weighted by Crippen LogP contribution is 2.49. The van der Waals surface area contributed by atoms with E-state index in [1.54, 1.807) is 18.2 Å². The van der Waals surface area contributed by atoms with E-state index in [1.807, 2.05) is 6.92 Å². The van der Waals surface area contributed by atoms with Gasteiger partial charge in [-0.1, -0.05) is 29.6 Å². The van der Waals surface area contributed by atoms with Crippen molar-refractivity contribution in [2.75, 3.05) is 5.32 Å². The van der Waals surface area contributed by atoms with Crippen LogP contribution in [-0.4, -0.2) is 18.0 Å². The largest absolute Gasteiger partial charge is 0.325 e. The minimum absolute atomic E-state index is 0.0571. The van der Waals surface area contributed by atoms with Crippen molar-refractivity contribution in [3.8, 4) is 0 Å². The monoisotopic (exact) mass is 354 g/mol. The van der Waals surface area contributed by atoms with Gasteiger partial charge in [-0.25, -0.2) is 0 Å². The van der Waals surface area contributed by atoms with Crippen LogP contribution in [0.4, 0.5) is 5.69 Å². The van der Waals surface area contributed by atoms with Crippen LogP contribution in [0.3, 0.4) is 0 Å². The minimum atomic E-state index is -0.248. The number of carbonyl (C=O) groups excluding carboxylic acids is 1. The number of rotatable bonds is 5. The fourth-order valence-electron chi connectivity index (χ4n) is 4.38. The summed E-state index contributed by atoms with van der Waals surface area (Å²) in [6.45, 7) is 4.12. The molecular weight excluding hydrogens is 331 g/mol. The highest BCUT2D eigenvalue weighted by atomic mass is 35.5. The van der Waals surface area contributed by atoms with Crippen LogP contribution >= 0.6 is 23.2 Å². The Labute approximate surface area is 148 Å². The molecule has 5 heteroatoms. The summed E-state index contributed by atoms with van der Waals surface area (Å²) in [4.78, 5) is 12.4. The molecule has 2 aliphatic carbocycles. The molecule has 3 rings (SSSR count). The number of amides is 1. The first-order valence-electron chi connectivity index (χ1n) is 8.45. The predicted octanol–water partition coefficient (Wildman–Crippen LogP) is 4.73. The van der Waals surface area contributed by atoms with Crippen LogP contribution in [0, 0.1) is 17.8 Å². The maximum Gasteiger partial charge on any atom is 0.241 e. The molecule has 0 radical (unpaired) electrons. The van der Waals surface area contributed by atoms with E-state index in [0.717, 1.165) is 11.8 Å². The van der Waals surface area contributed by atoms with Gasteiger partial charge in [0.15, 0.2) is 0 Å². The average molecular weight is 355 g/mol. The summed E-state index contributed by atoms with van der Waals surface area (Å²) in [5, 5.41) is 7.40. The molecule has 1 aromatic rings. The normalized spacial score (nSPS) is 28.6. The SMILES string of the molecule is C[C@H](N[C@H](C)[C@H]1C[C@H]2CC[C@H]1C2)C(=O)Nc1cc(Cl)cc(Cl)c1. The van der Waals surface area contributed by atoms with Gasteiger partial charge in [0.25, 0.3) is 0 Å². The van der Waals surface area contributed by atoms with Gasteiger partial charge in [0.05, 0.1) is 6.04 Å². The standard InChI is InChI=1S/C18H24Cl2N2O/c1-10(17-6-12-3-4-13(17)5-12)21-11(2)18(23)22-16-8-14(19)7-15(20)9-16/h7-13,17,21H,3-6H2,1-2H3,(H,22,23)/t10-,11+,12+,13+,17-/m1/s1. The summed E-state index contributed by atoms with van der Waals surface area (Å²) in [6, 6.07) is 5.18. The molecule has 2 saturated carbocycles. The smallest absolute Gasteiger partial charge is 0.241 e. The molecule has 2 bridgehead atoms. The zero-order valence-corrected chi connectivity index (χ0v) is 15.1. The van der Waals surface area contributed by atoms with Crippen molar-refractivity contribution in [1.29, 1.82) is 0 Å². The number of hydrogen-bond donors (Lipinski definition) is 2. The van der Waals surface area contributed by atoms with Gasteiger partial charge in [-0.05, 0) is 69.1 Å². The molecule has 23 heavy (non-hydrogen) atoms. The first kappa shape index (κ1) is 17.1. The van der Waals surface area contributed by atoms with E-state index < -0.39 is 0 Å². The molecular formula is C18H24Cl2N2O. The number of carbonyl (C=O) groups is 1. The van der Waals surface area contributed by atoms with Crippen molar-refractivity contribution in [3.63, 3.8) is 0 Å². The molecule has 0 heterocycles. The third kappa shape index (κ3) is 4.01. The molecule has 1 amide bonds. The molecule has 2 N–H and O–H groups in total. The zero-order chi connectivity index (χ0) is 16.6. The van der Waals surface area contributed by atoms with E-state index in [2.05, 4.69) is 17.6 Å². The van der Waals surface area contributed by atoms with E-state index in [9.17, 15) is 4.79 Å². The second kappa shape index (κ2) is 7.00. The lowest BCUT2D eigenvalue weighted by atomic mass is 9.84. The van der Waals surface area contributed by atoms with Crippen molar-refractivity contribution < 1.29 is 4.79 Å². The number of halogens is 2. The number of hydrogen-bond acceptors (Lipinski definition) is 2. The second-order valence-corrected chi connectivity index (χ2v) is 8.04. The van der Waals surface area contributed by atoms with Crippen LogP contribution in [0.15, 0.2) is 18.2 Å². The molecule has 0 spiro atoms. The summed E-state index contributed by atoms with van der Waals surface area (Å²) in [5.74, 6) is 2.43.